The van der Waals surface area contributed by atoms with Crippen molar-refractivity contribution in [3.05, 3.63) is 29.4 Å². The summed E-state index contributed by atoms with van der Waals surface area (Å²) in [5.41, 5.74) is 0.773. The topological polar surface area (TPSA) is 44.2 Å². The third-order valence-electron chi connectivity index (χ3n) is 2.05. The fraction of sp³-hybridized carbons (Fsp3) is 0.273. The summed E-state index contributed by atoms with van der Waals surface area (Å²) in [7, 11) is 1.61. The minimum absolute atomic E-state index is 0.278. The molecule has 0 amide bonds. The number of ether oxygens (including phenoxy) is 2. The Bertz CT molecular complexity index is 490. The van der Waals surface area contributed by atoms with Crippen LogP contribution < -0.4 is 4.74 Å². The first kappa shape index (κ1) is 11.1. The van der Waals surface area contributed by atoms with Crippen molar-refractivity contribution in [3.63, 3.8) is 0 Å². The summed E-state index contributed by atoms with van der Waals surface area (Å²) in [5, 5.41) is 1.22. The van der Waals surface area contributed by atoms with Crippen molar-refractivity contribution < 1.29 is 9.47 Å². The molecule has 84 valence electrons. The molecule has 0 saturated heterocycles. The van der Waals surface area contributed by atoms with E-state index in [-0.39, 0.29) is 6.01 Å². The summed E-state index contributed by atoms with van der Waals surface area (Å²) in [6.45, 7) is 0.902. The van der Waals surface area contributed by atoms with Crippen molar-refractivity contribution in [3.8, 4) is 6.01 Å². The highest BCUT2D eigenvalue weighted by Gasteiger charge is 2.05. The van der Waals surface area contributed by atoms with Gasteiger partial charge < -0.3 is 9.47 Å². The van der Waals surface area contributed by atoms with E-state index in [1.807, 2.05) is 24.3 Å². The Balaban J connectivity index is 2.27. The summed E-state index contributed by atoms with van der Waals surface area (Å²) < 4.78 is 10.2. The molecule has 0 N–H and O–H groups in total. The van der Waals surface area contributed by atoms with Crippen molar-refractivity contribution >= 4 is 22.5 Å². The molecule has 5 heteroatoms. The molecule has 1 heterocycles. The number of benzene rings is 1. The zero-order valence-corrected chi connectivity index (χ0v) is 9.57. The van der Waals surface area contributed by atoms with Gasteiger partial charge in [0.05, 0.1) is 12.1 Å². The molecule has 0 fully saturated rings. The molecule has 0 saturated carbocycles. The van der Waals surface area contributed by atoms with E-state index in [1.54, 1.807) is 7.11 Å². The lowest BCUT2D eigenvalue weighted by Crippen LogP contribution is -2.06. The highest BCUT2D eigenvalue weighted by molar-refractivity contribution is 6.34. The maximum Gasteiger partial charge on any atom is 0.318 e. The molecule has 0 radical (unpaired) electrons. The first-order valence-electron chi connectivity index (χ1n) is 4.85. The number of fused-ring (bicyclic) bond motifs is 1. The Morgan fingerprint density at radius 3 is 2.81 bits per heavy atom. The Morgan fingerprint density at radius 2 is 2.00 bits per heavy atom. The van der Waals surface area contributed by atoms with Crippen LogP contribution in [-0.4, -0.2) is 30.3 Å². The molecule has 4 nitrogen and oxygen atoms in total. The number of methoxy groups -OCH3 is 1. The maximum atomic E-state index is 6.01. The number of nitrogens with zero attached hydrogens (tertiary/aromatic N) is 2. The lowest BCUT2D eigenvalue weighted by atomic mass is 10.2. The van der Waals surface area contributed by atoms with Crippen LogP contribution in [0.15, 0.2) is 24.3 Å². The van der Waals surface area contributed by atoms with Gasteiger partial charge in [-0.1, -0.05) is 23.7 Å². The average Bonchev–Trinajstić information content (AvgIpc) is 2.30. The van der Waals surface area contributed by atoms with Crippen molar-refractivity contribution in [2.45, 2.75) is 0 Å². The summed E-state index contributed by atoms with van der Waals surface area (Å²) in [6.07, 6.45) is 0. The Hall–Kier alpha value is -1.39. The van der Waals surface area contributed by atoms with Crippen LogP contribution >= 0.6 is 11.6 Å². The highest BCUT2D eigenvalue weighted by atomic mass is 35.5. The van der Waals surface area contributed by atoms with E-state index in [2.05, 4.69) is 9.97 Å². The van der Waals surface area contributed by atoms with E-state index in [1.165, 1.54) is 0 Å². The van der Waals surface area contributed by atoms with E-state index in [0.717, 1.165) is 10.9 Å². The summed E-state index contributed by atoms with van der Waals surface area (Å²) in [6, 6.07) is 7.80. The lowest BCUT2D eigenvalue weighted by Gasteiger charge is -2.05. The quantitative estimate of drug-likeness (QED) is 0.606. The summed E-state index contributed by atoms with van der Waals surface area (Å²) >= 11 is 6.01. The number of hydrogen-bond donors (Lipinski definition) is 0. The molecule has 16 heavy (non-hydrogen) atoms. The number of rotatable bonds is 4. The Morgan fingerprint density at radius 1 is 1.19 bits per heavy atom. The second-order valence-corrected chi connectivity index (χ2v) is 3.51. The first-order chi connectivity index (χ1) is 7.81. The first-order valence-corrected chi connectivity index (χ1v) is 5.23. The highest BCUT2D eigenvalue weighted by Crippen LogP contribution is 2.22. The Labute approximate surface area is 98.2 Å². The molecule has 0 atom stereocenters. The molecule has 0 unspecified atom stereocenters. The fourth-order valence-electron chi connectivity index (χ4n) is 1.30. The molecule has 0 spiro atoms. The maximum absolute atomic E-state index is 6.01. The molecule has 0 aliphatic carbocycles. The standard InChI is InChI=1S/C11H11ClN2O2/c1-15-6-7-16-11-13-9-5-3-2-4-8(9)10(12)14-11/h2-5H,6-7H2,1H3. The largest absolute Gasteiger partial charge is 0.461 e. The zero-order chi connectivity index (χ0) is 11.4. The van der Waals surface area contributed by atoms with Gasteiger partial charge in [-0.15, -0.1) is 0 Å². The molecule has 1 aromatic carbocycles. The monoisotopic (exact) mass is 238 g/mol. The molecule has 2 rings (SSSR count). The second-order valence-electron chi connectivity index (χ2n) is 3.16. The van der Waals surface area contributed by atoms with Crippen LogP contribution in [0.3, 0.4) is 0 Å². The summed E-state index contributed by atoms with van der Waals surface area (Å²) in [5.74, 6) is 0. The van der Waals surface area contributed by atoms with Crippen LogP contribution in [-0.2, 0) is 4.74 Å². The third-order valence-corrected chi connectivity index (χ3v) is 2.34. The molecule has 1 aromatic heterocycles. The van der Waals surface area contributed by atoms with E-state index in [4.69, 9.17) is 21.1 Å². The lowest BCUT2D eigenvalue weighted by molar-refractivity contribution is 0.141. The molecule has 0 aliphatic heterocycles. The van der Waals surface area contributed by atoms with Crippen molar-refractivity contribution in [1.29, 1.82) is 0 Å². The number of para-hydroxylation sites is 1. The van der Waals surface area contributed by atoms with Crippen LogP contribution in [0.1, 0.15) is 0 Å². The van der Waals surface area contributed by atoms with Crippen LogP contribution in [0.4, 0.5) is 0 Å². The van der Waals surface area contributed by atoms with Crippen molar-refractivity contribution in [2.75, 3.05) is 20.3 Å². The predicted molar refractivity (Wildman–Crippen MR) is 61.9 cm³/mol. The minimum Gasteiger partial charge on any atom is -0.461 e. The Kier molecular flexibility index (Phi) is 3.54. The summed E-state index contributed by atoms with van der Waals surface area (Å²) in [4.78, 5) is 8.28. The zero-order valence-electron chi connectivity index (χ0n) is 8.81. The van der Waals surface area contributed by atoms with Gasteiger partial charge >= 0.3 is 6.01 Å². The molecule has 2 aromatic rings. The van der Waals surface area contributed by atoms with Crippen LogP contribution in [0, 0.1) is 0 Å². The van der Waals surface area contributed by atoms with Crippen LogP contribution in [0.2, 0.25) is 5.15 Å². The van der Waals surface area contributed by atoms with Gasteiger partial charge in [-0.25, -0.2) is 0 Å². The van der Waals surface area contributed by atoms with Crippen molar-refractivity contribution in [1.82, 2.24) is 9.97 Å². The van der Waals surface area contributed by atoms with Gasteiger partial charge in [-0.05, 0) is 12.1 Å². The normalized spacial score (nSPS) is 10.6. The van der Waals surface area contributed by atoms with Gasteiger partial charge in [0.15, 0.2) is 0 Å². The van der Waals surface area contributed by atoms with E-state index >= 15 is 0 Å². The van der Waals surface area contributed by atoms with Gasteiger partial charge in [0.1, 0.15) is 11.8 Å². The van der Waals surface area contributed by atoms with E-state index in [9.17, 15) is 0 Å². The minimum atomic E-state index is 0.278. The van der Waals surface area contributed by atoms with Gasteiger partial charge in [0.25, 0.3) is 0 Å². The van der Waals surface area contributed by atoms with Crippen LogP contribution in [0.25, 0.3) is 10.9 Å². The number of aromatic nitrogens is 2. The van der Waals surface area contributed by atoms with Gasteiger partial charge in [0.2, 0.25) is 0 Å². The molecule has 0 bridgehead atoms. The second kappa shape index (κ2) is 5.09. The average molecular weight is 239 g/mol. The van der Waals surface area contributed by atoms with E-state index in [0.29, 0.717) is 18.4 Å². The van der Waals surface area contributed by atoms with E-state index < -0.39 is 0 Å². The molecule has 0 aliphatic rings. The molecular formula is C11H11ClN2O2. The number of halogens is 1. The number of hydrogen-bond acceptors (Lipinski definition) is 4. The smallest absolute Gasteiger partial charge is 0.318 e. The SMILES string of the molecule is COCCOc1nc(Cl)c2ccccc2n1. The van der Waals surface area contributed by atoms with Crippen molar-refractivity contribution in [2.24, 2.45) is 0 Å². The predicted octanol–water partition coefficient (Wildman–Crippen LogP) is 2.31. The van der Waals surface area contributed by atoms with Gasteiger partial charge in [-0.2, -0.15) is 9.97 Å². The molecular weight excluding hydrogens is 228 g/mol. The van der Waals surface area contributed by atoms with Crippen LogP contribution in [0.5, 0.6) is 6.01 Å². The third kappa shape index (κ3) is 2.40. The van der Waals surface area contributed by atoms with Gasteiger partial charge in [0, 0.05) is 12.5 Å². The fourth-order valence-corrected chi connectivity index (χ4v) is 1.53. The van der Waals surface area contributed by atoms with Gasteiger partial charge in [-0.3, -0.25) is 0 Å².